The van der Waals surface area contributed by atoms with Crippen molar-refractivity contribution in [1.29, 1.82) is 0 Å². The summed E-state index contributed by atoms with van der Waals surface area (Å²) in [6.45, 7) is 2.50. The van der Waals surface area contributed by atoms with Crippen molar-refractivity contribution in [1.82, 2.24) is 31.2 Å². The van der Waals surface area contributed by atoms with E-state index in [1.54, 1.807) is 43.8 Å². The van der Waals surface area contributed by atoms with E-state index in [0.717, 1.165) is 29.5 Å². The number of hydrogen-bond donors (Lipinski definition) is 5. The van der Waals surface area contributed by atoms with Gasteiger partial charge in [-0.3, -0.25) is 24.4 Å². The first-order chi connectivity index (χ1) is 23.8. The summed E-state index contributed by atoms with van der Waals surface area (Å²) in [7, 11) is 1.62. The molecule has 2 aromatic carbocycles. The molecule has 11 nitrogen and oxygen atoms in total. The maximum absolute atomic E-state index is 13.1. The van der Waals surface area contributed by atoms with Crippen molar-refractivity contribution in [2.75, 3.05) is 25.5 Å². The quantitative estimate of drug-likeness (QED) is 0.129. The smallest absolute Gasteiger partial charge is 0.274 e. The lowest BCUT2D eigenvalue weighted by Crippen LogP contribution is -2.35. The summed E-state index contributed by atoms with van der Waals surface area (Å²) in [6.07, 6.45) is 6.11. The number of anilines is 1. The molecule has 0 saturated carbocycles. The van der Waals surface area contributed by atoms with Crippen LogP contribution in [-0.2, 0) is 22.7 Å². The number of ether oxygens (including phenoxy) is 1. The van der Waals surface area contributed by atoms with Crippen LogP contribution >= 0.6 is 23.2 Å². The van der Waals surface area contributed by atoms with E-state index in [4.69, 9.17) is 27.9 Å². The molecule has 2 atom stereocenters. The van der Waals surface area contributed by atoms with E-state index in [-0.39, 0.29) is 29.6 Å². The van der Waals surface area contributed by atoms with Crippen molar-refractivity contribution < 1.29 is 19.1 Å². The van der Waals surface area contributed by atoms with Gasteiger partial charge in [-0.05, 0) is 42.7 Å². The Labute approximate surface area is 294 Å². The van der Waals surface area contributed by atoms with Gasteiger partial charge in [-0.25, -0.2) is 0 Å². The SMILES string of the molecule is COc1cc(-c2nccc(-c3cccc(NC(=O)c4ccc(CNC[C@@H]5CCC(=O)N5)cn4)c3Cl)c2Cl)ccc1CNC[C@H]1CCC(=O)N1. The fourth-order valence-electron chi connectivity index (χ4n) is 6.01. The average Bonchev–Trinajstić information content (AvgIpc) is 3.73. The summed E-state index contributed by atoms with van der Waals surface area (Å²) in [5, 5.41) is 16.2. The van der Waals surface area contributed by atoms with Gasteiger partial charge in [-0.2, -0.15) is 0 Å². The summed E-state index contributed by atoms with van der Waals surface area (Å²) >= 11 is 13.8. The van der Waals surface area contributed by atoms with E-state index >= 15 is 0 Å². The maximum Gasteiger partial charge on any atom is 0.274 e. The molecule has 49 heavy (non-hydrogen) atoms. The average molecular weight is 703 g/mol. The summed E-state index contributed by atoms with van der Waals surface area (Å²) in [5.74, 6) is 0.464. The van der Waals surface area contributed by atoms with Gasteiger partial charge in [0.15, 0.2) is 0 Å². The molecule has 2 aromatic heterocycles. The van der Waals surface area contributed by atoms with E-state index in [1.807, 2.05) is 30.3 Å². The predicted octanol–water partition coefficient (Wildman–Crippen LogP) is 5.11. The third-order valence-corrected chi connectivity index (χ3v) is 9.43. The minimum absolute atomic E-state index is 0.0871. The Kier molecular flexibility index (Phi) is 11.0. The fourth-order valence-corrected chi connectivity index (χ4v) is 6.61. The Morgan fingerprint density at radius 3 is 2.24 bits per heavy atom. The summed E-state index contributed by atoms with van der Waals surface area (Å²) in [4.78, 5) is 44.9. The van der Waals surface area contributed by atoms with Crippen molar-refractivity contribution >= 4 is 46.6 Å². The van der Waals surface area contributed by atoms with Crippen molar-refractivity contribution in [3.05, 3.63) is 93.9 Å². The van der Waals surface area contributed by atoms with Crippen LogP contribution in [0.15, 0.2) is 67.0 Å². The van der Waals surface area contributed by atoms with Crippen LogP contribution in [-0.4, -0.2) is 60.0 Å². The molecule has 2 fully saturated rings. The van der Waals surface area contributed by atoms with Gasteiger partial charge in [-0.15, -0.1) is 0 Å². The molecule has 0 bridgehead atoms. The molecule has 5 N–H and O–H groups in total. The molecular formula is C36H37Cl2N7O4. The highest BCUT2D eigenvalue weighted by atomic mass is 35.5. The van der Waals surface area contributed by atoms with Crippen LogP contribution in [0.2, 0.25) is 10.0 Å². The molecule has 2 aliphatic rings. The Balaban J connectivity index is 1.12. The maximum atomic E-state index is 13.1. The lowest BCUT2D eigenvalue weighted by Gasteiger charge is -2.16. The number of nitrogens with one attached hydrogen (secondary N) is 5. The fraction of sp³-hybridized carbons (Fsp3) is 0.306. The van der Waals surface area contributed by atoms with Gasteiger partial charge < -0.3 is 31.3 Å². The molecule has 4 heterocycles. The van der Waals surface area contributed by atoms with Crippen LogP contribution in [0.3, 0.4) is 0 Å². The number of methoxy groups -OCH3 is 1. The zero-order valence-corrected chi connectivity index (χ0v) is 28.5. The number of hydrogen-bond acceptors (Lipinski definition) is 8. The molecular weight excluding hydrogens is 665 g/mol. The summed E-state index contributed by atoms with van der Waals surface area (Å²) in [5.41, 5.74) is 5.16. The van der Waals surface area contributed by atoms with Crippen LogP contribution in [0.4, 0.5) is 5.69 Å². The molecule has 0 unspecified atom stereocenters. The Morgan fingerprint density at radius 2 is 1.59 bits per heavy atom. The highest BCUT2D eigenvalue weighted by Crippen LogP contribution is 2.41. The van der Waals surface area contributed by atoms with Crippen molar-refractivity contribution in [3.8, 4) is 28.1 Å². The topological polar surface area (TPSA) is 146 Å². The van der Waals surface area contributed by atoms with E-state index < -0.39 is 5.91 Å². The Hall–Kier alpha value is -4.55. The van der Waals surface area contributed by atoms with Gasteiger partial charge in [-0.1, -0.05) is 53.5 Å². The van der Waals surface area contributed by atoms with Crippen molar-refractivity contribution in [2.45, 2.75) is 50.9 Å². The van der Waals surface area contributed by atoms with Gasteiger partial charge in [0.1, 0.15) is 11.4 Å². The first-order valence-corrected chi connectivity index (χ1v) is 16.9. The van der Waals surface area contributed by atoms with E-state index in [0.29, 0.717) is 77.3 Å². The first kappa shape index (κ1) is 34.3. The highest BCUT2D eigenvalue weighted by Gasteiger charge is 2.22. The van der Waals surface area contributed by atoms with E-state index in [9.17, 15) is 14.4 Å². The number of halogens is 2. The second-order valence-electron chi connectivity index (χ2n) is 12.1. The number of pyridine rings is 2. The second-order valence-corrected chi connectivity index (χ2v) is 12.8. The molecule has 2 aliphatic heterocycles. The molecule has 4 aromatic rings. The molecule has 6 rings (SSSR count). The van der Waals surface area contributed by atoms with Crippen molar-refractivity contribution in [3.63, 3.8) is 0 Å². The number of benzene rings is 2. The predicted molar refractivity (Wildman–Crippen MR) is 190 cm³/mol. The first-order valence-electron chi connectivity index (χ1n) is 16.2. The lowest BCUT2D eigenvalue weighted by molar-refractivity contribution is -0.120. The zero-order chi connectivity index (χ0) is 34.3. The Bertz CT molecular complexity index is 1850. The van der Waals surface area contributed by atoms with Gasteiger partial charge in [0.05, 0.1) is 28.5 Å². The number of nitrogens with zero attached hydrogens (tertiary/aromatic N) is 2. The minimum Gasteiger partial charge on any atom is -0.496 e. The van der Waals surface area contributed by atoms with Crippen molar-refractivity contribution in [2.24, 2.45) is 0 Å². The number of carbonyl (C=O) groups is 3. The number of rotatable bonds is 13. The number of aromatic nitrogens is 2. The molecule has 0 spiro atoms. The largest absolute Gasteiger partial charge is 0.496 e. The minimum atomic E-state index is -0.400. The standard InChI is InChI=1S/C36H37Cl2N7O4/c1-49-30-15-22(6-7-23(30)18-40-20-25-9-12-32(47)44-25)35-34(38)27(13-14-41-35)26-3-2-4-28(33(26)37)45-36(48)29-10-5-21(17-42-29)16-39-19-24-8-11-31(46)43-24/h2-7,10,13-15,17,24-25,39-40H,8-9,11-12,16,18-20H2,1H3,(H,43,46)(H,44,47)(H,45,48)/t24-,25+/m0/s1. The lowest BCUT2D eigenvalue weighted by atomic mass is 10.0. The zero-order valence-electron chi connectivity index (χ0n) is 26.9. The molecule has 3 amide bonds. The molecule has 2 saturated heterocycles. The van der Waals surface area contributed by atoms with Crippen LogP contribution in [0, 0.1) is 0 Å². The number of carbonyl (C=O) groups excluding carboxylic acids is 3. The molecule has 13 heteroatoms. The van der Waals surface area contributed by atoms with E-state index in [2.05, 4.69) is 36.6 Å². The Morgan fingerprint density at radius 1 is 0.878 bits per heavy atom. The molecule has 0 radical (unpaired) electrons. The van der Waals surface area contributed by atoms with Gasteiger partial charge >= 0.3 is 0 Å². The van der Waals surface area contributed by atoms with Gasteiger partial charge in [0, 0.05) is 85.8 Å². The number of amides is 3. The van der Waals surface area contributed by atoms with Gasteiger partial charge in [0.25, 0.3) is 5.91 Å². The summed E-state index contributed by atoms with van der Waals surface area (Å²) < 4.78 is 5.69. The third-order valence-electron chi connectivity index (χ3n) is 8.64. The molecule has 0 aliphatic carbocycles. The van der Waals surface area contributed by atoms with Crippen LogP contribution < -0.4 is 31.3 Å². The third kappa shape index (κ3) is 8.37. The summed E-state index contributed by atoms with van der Waals surface area (Å²) in [6, 6.07) is 16.7. The normalized spacial score (nSPS) is 17.1. The van der Waals surface area contributed by atoms with Gasteiger partial charge in [0.2, 0.25) is 11.8 Å². The monoisotopic (exact) mass is 701 g/mol. The molecule has 254 valence electrons. The van der Waals surface area contributed by atoms with Crippen LogP contribution in [0.25, 0.3) is 22.4 Å². The van der Waals surface area contributed by atoms with Crippen LogP contribution in [0.5, 0.6) is 5.75 Å². The van der Waals surface area contributed by atoms with E-state index in [1.165, 1.54) is 0 Å². The highest BCUT2D eigenvalue weighted by molar-refractivity contribution is 6.39. The van der Waals surface area contributed by atoms with Crippen LogP contribution in [0.1, 0.15) is 47.3 Å². The second kappa shape index (κ2) is 15.8.